The molecule has 1 aliphatic rings. The Labute approximate surface area is 232 Å². The standard InChI is InChI=1S/C29H60N4O5/c1-2-3-4-5-6-7-8-9-10-11-12-13-14-15-28(36)38-25-27-29(33-19-17-31-21-23-35)26(24-37-27)32-18-16-30-20-22-34/h26-27,29-35H,2-25H2,1H3/t26-,27+,29+/m0/s1. The van der Waals surface area contributed by atoms with Crippen LogP contribution in [0.5, 0.6) is 0 Å². The molecule has 3 atom stereocenters. The largest absolute Gasteiger partial charge is 0.463 e. The Balaban J connectivity index is 2.15. The predicted molar refractivity (Wildman–Crippen MR) is 155 cm³/mol. The van der Waals surface area contributed by atoms with Crippen molar-refractivity contribution >= 4 is 5.97 Å². The van der Waals surface area contributed by atoms with E-state index >= 15 is 0 Å². The van der Waals surface area contributed by atoms with Crippen LogP contribution in [0.25, 0.3) is 0 Å². The van der Waals surface area contributed by atoms with E-state index in [0.29, 0.717) is 26.1 Å². The molecule has 0 bridgehead atoms. The lowest BCUT2D eigenvalue weighted by Crippen LogP contribution is -2.53. The molecule has 9 heteroatoms. The van der Waals surface area contributed by atoms with Crippen LogP contribution >= 0.6 is 0 Å². The van der Waals surface area contributed by atoms with Crippen LogP contribution in [0.3, 0.4) is 0 Å². The number of aliphatic hydroxyl groups excluding tert-OH is 2. The van der Waals surface area contributed by atoms with Crippen molar-refractivity contribution in [1.29, 1.82) is 0 Å². The molecule has 1 rings (SSSR count). The van der Waals surface area contributed by atoms with Crippen LogP contribution in [0.2, 0.25) is 0 Å². The highest BCUT2D eigenvalue weighted by molar-refractivity contribution is 5.69. The maximum absolute atomic E-state index is 12.3. The fourth-order valence-electron chi connectivity index (χ4n) is 4.92. The summed E-state index contributed by atoms with van der Waals surface area (Å²) in [5, 5.41) is 31.2. The highest BCUT2D eigenvalue weighted by atomic mass is 16.6. The summed E-state index contributed by atoms with van der Waals surface area (Å²) in [6.07, 6.45) is 17.1. The summed E-state index contributed by atoms with van der Waals surface area (Å²) in [6, 6.07) is 0.154. The molecular weight excluding hydrogens is 484 g/mol. The average molecular weight is 545 g/mol. The van der Waals surface area contributed by atoms with Gasteiger partial charge < -0.3 is 41.0 Å². The van der Waals surface area contributed by atoms with E-state index in [0.717, 1.165) is 39.0 Å². The van der Waals surface area contributed by atoms with Crippen LogP contribution in [0.15, 0.2) is 0 Å². The Morgan fingerprint density at radius 3 is 1.82 bits per heavy atom. The van der Waals surface area contributed by atoms with E-state index in [1.807, 2.05) is 0 Å². The highest BCUT2D eigenvalue weighted by Crippen LogP contribution is 2.16. The van der Waals surface area contributed by atoms with Crippen molar-refractivity contribution in [3.05, 3.63) is 0 Å². The van der Waals surface area contributed by atoms with Gasteiger partial charge in [-0.05, 0) is 6.42 Å². The summed E-state index contributed by atoms with van der Waals surface area (Å²) in [5.74, 6) is -0.135. The van der Waals surface area contributed by atoms with Gasteiger partial charge in [0.1, 0.15) is 12.7 Å². The van der Waals surface area contributed by atoms with Crippen molar-refractivity contribution < 1.29 is 24.5 Å². The lowest BCUT2D eigenvalue weighted by Gasteiger charge is -2.25. The third kappa shape index (κ3) is 19.3. The van der Waals surface area contributed by atoms with Gasteiger partial charge in [0.05, 0.1) is 25.9 Å². The van der Waals surface area contributed by atoms with E-state index in [9.17, 15) is 4.79 Å². The molecule has 0 saturated carbocycles. The Morgan fingerprint density at radius 1 is 0.737 bits per heavy atom. The Morgan fingerprint density at radius 2 is 1.26 bits per heavy atom. The second-order valence-corrected chi connectivity index (χ2v) is 10.5. The number of esters is 1. The van der Waals surface area contributed by atoms with Crippen molar-refractivity contribution in [1.82, 2.24) is 21.3 Å². The zero-order valence-corrected chi connectivity index (χ0v) is 24.3. The summed E-state index contributed by atoms with van der Waals surface area (Å²) in [6.45, 7) is 7.50. The number of unbranched alkanes of at least 4 members (excludes halogenated alkanes) is 12. The monoisotopic (exact) mass is 544 g/mol. The molecule has 1 heterocycles. The Bertz CT molecular complexity index is 529. The first-order valence-corrected chi connectivity index (χ1v) is 15.6. The number of carbonyl (C=O) groups excluding carboxylic acids is 1. The molecule has 226 valence electrons. The maximum atomic E-state index is 12.3. The van der Waals surface area contributed by atoms with Gasteiger partial charge in [-0.2, -0.15) is 0 Å². The number of carbonyl (C=O) groups is 1. The summed E-state index contributed by atoms with van der Waals surface area (Å²) in [7, 11) is 0. The van der Waals surface area contributed by atoms with Crippen LogP contribution in [0, 0.1) is 0 Å². The SMILES string of the molecule is CCCCCCCCCCCCCCCC(=O)OC[C@H]1OC[C@H](NCCNCCO)[C@H]1NCCNCCO. The number of nitrogens with one attached hydrogen (secondary N) is 4. The summed E-state index contributed by atoms with van der Waals surface area (Å²) >= 11 is 0. The van der Waals surface area contributed by atoms with Crippen molar-refractivity contribution in [2.45, 2.75) is 115 Å². The second kappa shape index (κ2) is 26.4. The second-order valence-electron chi connectivity index (χ2n) is 10.5. The molecule has 1 fully saturated rings. The Kier molecular flexibility index (Phi) is 24.5. The maximum Gasteiger partial charge on any atom is 0.305 e. The van der Waals surface area contributed by atoms with Gasteiger partial charge in [-0.15, -0.1) is 0 Å². The van der Waals surface area contributed by atoms with E-state index < -0.39 is 0 Å². The molecule has 0 spiro atoms. The van der Waals surface area contributed by atoms with E-state index in [1.165, 1.54) is 70.6 Å². The van der Waals surface area contributed by atoms with Gasteiger partial charge >= 0.3 is 5.97 Å². The van der Waals surface area contributed by atoms with Crippen LogP contribution in [0.1, 0.15) is 96.8 Å². The number of hydrogen-bond donors (Lipinski definition) is 6. The first-order chi connectivity index (χ1) is 18.7. The van der Waals surface area contributed by atoms with Crippen molar-refractivity contribution in [2.75, 3.05) is 65.7 Å². The van der Waals surface area contributed by atoms with Gasteiger partial charge in [0.15, 0.2) is 0 Å². The molecule has 1 saturated heterocycles. The molecule has 6 N–H and O–H groups in total. The first-order valence-electron chi connectivity index (χ1n) is 15.6. The molecule has 0 radical (unpaired) electrons. The lowest BCUT2D eigenvalue weighted by molar-refractivity contribution is -0.147. The van der Waals surface area contributed by atoms with Crippen LogP contribution in [0.4, 0.5) is 0 Å². The van der Waals surface area contributed by atoms with Crippen LogP contribution in [-0.2, 0) is 14.3 Å². The third-order valence-corrected chi connectivity index (χ3v) is 7.18. The minimum Gasteiger partial charge on any atom is -0.463 e. The van der Waals surface area contributed by atoms with Crippen LogP contribution < -0.4 is 21.3 Å². The normalized spacial score (nSPS) is 19.3. The van der Waals surface area contributed by atoms with Crippen molar-refractivity contribution in [3.8, 4) is 0 Å². The first kappa shape index (κ1) is 35.2. The average Bonchev–Trinajstić information content (AvgIpc) is 3.31. The fraction of sp³-hybridized carbons (Fsp3) is 0.966. The van der Waals surface area contributed by atoms with E-state index in [1.54, 1.807) is 0 Å². The van der Waals surface area contributed by atoms with Crippen LogP contribution in [-0.4, -0.2) is 100 Å². The van der Waals surface area contributed by atoms with E-state index in [2.05, 4.69) is 28.2 Å². The predicted octanol–water partition coefficient (Wildman–Crippen LogP) is 2.49. The van der Waals surface area contributed by atoms with Gasteiger partial charge in [-0.3, -0.25) is 4.79 Å². The van der Waals surface area contributed by atoms with E-state index in [4.69, 9.17) is 19.7 Å². The van der Waals surface area contributed by atoms with Crippen molar-refractivity contribution in [2.24, 2.45) is 0 Å². The quantitative estimate of drug-likeness (QED) is 0.0651. The number of hydrogen-bond acceptors (Lipinski definition) is 9. The molecule has 0 unspecified atom stereocenters. The summed E-state index contributed by atoms with van der Waals surface area (Å²) < 4.78 is 11.6. The molecule has 1 aliphatic heterocycles. The molecule has 0 aromatic heterocycles. The zero-order chi connectivity index (χ0) is 27.5. The molecule has 0 aliphatic carbocycles. The summed E-state index contributed by atoms with van der Waals surface area (Å²) in [4.78, 5) is 12.3. The zero-order valence-electron chi connectivity index (χ0n) is 24.3. The molecule has 0 amide bonds. The van der Waals surface area contributed by atoms with Gasteiger partial charge in [-0.1, -0.05) is 84.0 Å². The molecule has 0 aromatic rings. The molecular formula is C29H60N4O5. The van der Waals surface area contributed by atoms with Gasteiger partial charge in [-0.25, -0.2) is 0 Å². The number of ether oxygens (including phenoxy) is 2. The molecule has 38 heavy (non-hydrogen) atoms. The lowest BCUT2D eigenvalue weighted by atomic mass is 10.0. The highest BCUT2D eigenvalue weighted by Gasteiger charge is 2.37. The van der Waals surface area contributed by atoms with Crippen molar-refractivity contribution in [3.63, 3.8) is 0 Å². The van der Waals surface area contributed by atoms with Gasteiger partial charge in [0.2, 0.25) is 0 Å². The molecule has 0 aromatic carbocycles. The van der Waals surface area contributed by atoms with Gasteiger partial charge in [0.25, 0.3) is 0 Å². The minimum absolute atomic E-state index is 0.0351. The number of aliphatic hydroxyl groups is 2. The van der Waals surface area contributed by atoms with E-state index in [-0.39, 0.29) is 44.0 Å². The fourth-order valence-corrected chi connectivity index (χ4v) is 4.92. The summed E-state index contributed by atoms with van der Waals surface area (Å²) in [5.41, 5.74) is 0. The minimum atomic E-state index is -0.189. The third-order valence-electron chi connectivity index (χ3n) is 7.18. The number of rotatable bonds is 28. The molecule has 9 nitrogen and oxygen atoms in total. The smallest absolute Gasteiger partial charge is 0.305 e. The van der Waals surface area contributed by atoms with Gasteiger partial charge in [0, 0.05) is 51.7 Å². The Hall–Kier alpha value is -0.810. The topological polar surface area (TPSA) is 124 Å².